The molecule has 0 bridgehead atoms. The van der Waals surface area contributed by atoms with Gasteiger partial charge in [-0.15, -0.1) is 5.69 Å². The molecule has 0 saturated heterocycles. The third kappa shape index (κ3) is 9.05. The third-order valence-electron chi connectivity index (χ3n) is 10.2. The molecule has 0 amide bonds. The van der Waals surface area contributed by atoms with Crippen LogP contribution in [0.5, 0.6) is 0 Å². The Morgan fingerprint density at radius 2 is 1.09 bits per heavy atom. The van der Waals surface area contributed by atoms with E-state index in [2.05, 4.69) is 183 Å². The van der Waals surface area contributed by atoms with Crippen LogP contribution in [-0.4, -0.2) is 14.1 Å². The van der Waals surface area contributed by atoms with E-state index < -0.39 is 0 Å². The molecule has 0 saturated carbocycles. The van der Waals surface area contributed by atoms with Crippen LogP contribution in [0, 0.1) is 22.3 Å². The molecular weight excluding hydrogens is 823 g/mol. The summed E-state index contributed by atoms with van der Waals surface area (Å²) in [5.74, 6) is 3.60. The standard InChI is InChI=1S/C46H55N4.3CH3.Hf/c1-28(2)35-24-38(31(7)8)43(39(25-35)32(9)10)45(48-44-36(29(3)4)21-17-22-37(44)30(5)6)46-47-42(27-49(46)11)50-40-23-16-15-20-34(40)26-41(50)33-18-13-12-14-19-33;;;;/h12-32,45H,1-11H3;3*1H3;/q4*-1;+4. The van der Waals surface area contributed by atoms with Crippen LogP contribution in [0.1, 0.15) is 144 Å². The predicted molar refractivity (Wildman–Crippen MR) is 233 cm³/mol. The fourth-order valence-corrected chi connectivity index (χ4v) is 7.42. The monoisotopic (exact) mass is 888 g/mol. The maximum atomic E-state index is 5.91. The van der Waals surface area contributed by atoms with Gasteiger partial charge in [0.25, 0.3) is 0 Å². The van der Waals surface area contributed by atoms with Gasteiger partial charge >= 0.3 is 25.8 Å². The maximum Gasteiger partial charge on any atom is 4.00 e. The second kappa shape index (κ2) is 19.2. The molecule has 1 atom stereocenters. The number of aryl methyl sites for hydroxylation is 1. The minimum Gasteiger partial charge on any atom is -0.671 e. The first-order chi connectivity index (χ1) is 23.9. The third-order valence-corrected chi connectivity index (χ3v) is 10.2. The fraction of sp³-hybridized carbons (Fsp3) is 0.347. The molecule has 0 N–H and O–H groups in total. The SMILES string of the molecule is CC(C)c1cc(C(C)C)c(C([N-]c2c(C(C)C)cccc2C(C)C)c2nc(-n3c(-c4ccccc4)cc4ccccc43)cn2C)c(C(C)C)c1.[CH3-].[CH3-].[CH3-].[Hf+4]. The number of benzene rings is 4. The van der Waals surface area contributed by atoms with Crippen molar-refractivity contribution in [1.82, 2.24) is 14.1 Å². The molecule has 0 aliphatic heterocycles. The topological polar surface area (TPSA) is 36.9 Å². The molecule has 4 nitrogen and oxygen atoms in total. The smallest absolute Gasteiger partial charge is 0.671 e. The van der Waals surface area contributed by atoms with E-state index in [0.717, 1.165) is 34.1 Å². The molecule has 2 aromatic heterocycles. The molecule has 4 aromatic carbocycles. The first-order valence-electron chi connectivity index (χ1n) is 18.6. The number of imidazole rings is 1. The van der Waals surface area contributed by atoms with Gasteiger partial charge in [-0.05, 0) is 75.6 Å². The summed E-state index contributed by atoms with van der Waals surface area (Å²) in [6.45, 7) is 23.0. The van der Waals surface area contributed by atoms with Crippen molar-refractivity contribution in [2.75, 3.05) is 0 Å². The summed E-state index contributed by atoms with van der Waals surface area (Å²) >= 11 is 0. The number of fused-ring (bicyclic) bond motifs is 1. The van der Waals surface area contributed by atoms with Gasteiger partial charge in [-0.3, -0.25) is 4.57 Å². The van der Waals surface area contributed by atoms with Crippen LogP contribution in [0.4, 0.5) is 5.69 Å². The van der Waals surface area contributed by atoms with Gasteiger partial charge < -0.3 is 32.2 Å². The molecule has 2 heterocycles. The van der Waals surface area contributed by atoms with Crippen LogP contribution in [0.2, 0.25) is 0 Å². The van der Waals surface area contributed by atoms with Crippen molar-refractivity contribution in [3.05, 3.63) is 164 Å². The van der Waals surface area contributed by atoms with E-state index in [4.69, 9.17) is 10.3 Å². The van der Waals surface area contributed by atoms with Crippen LogP contribution in [0.15, 0.2) is 97.2 Å². The summed E-state index contributed by atoms with van der Waals surface area (Å²) in [5.41, 5.74) is 12.5. The van der Waals surface area contributed by atoms with Gasteiger partial charge in [0, 0.05) is 18.6 Å². The van der Waals surface area contributed by atoms with Gasteiger partial charge in [0.15, 0.2) is 5.82 Å². The average molecular weight is 888 g/mol. The average Bonchev–Trinajstić information content (AvgIpc) is 3.66. The quantitative estimate of drug-likeness (QED) is 0.0943. The summed E-state index contributed by atoms with van der Waals surface area (Å²) in [5, 5.41) is 7.10. The van der Waals surface area contributed by atoms with Crippen LogP contribution in [0.25, 0.3) is 33.3 Å². The van der Waals surface area contributed by atoms with E-state index in [1.165, 1.54) is 38.8 Å². The van der Waals surface area contributed by atoms with Crippen molar-refractivity contribution in [2.45, 2.75) is 105 Å². The second-order valence-electron chi connectivity index (χ2n) is 15.6. The zero-order chi connectivity index (χ0) is 35.9. The fourth-order valence-electron chi connectivity index (χ4n) is 7.42. The summed E-state index contributed by atoms with van der Waals surface area (Å²) < 4.78 is 4.55. The number of para-hydroxylation sites is 2. The van der Waals surface area contributed by atoms with Gasteiger partial charge in [-0.2, -0.15) is 0 Å². The number of hydrogen-bond acceptors (Lipinski definition) is 1. The van der Waals surface area contributed by atoms with Crippen LogP contribution < -0.4 is 0 Å². The maximum absolute atomic E-state index is 5.91. The minimum atomic E-state index is -0.302. The Balaban J connectivity index is 0.00000252. The van der Waals surface area contributed by atoms with Crippen molar-refractivity contribution in [3.8, 4) is 17.1 Å². The molecule has 0 fully saturated rings. The molecule has 0 spiro atoms. The Hall–Kier alpha value is -3.70. The molecule has 6 rings (SSSR count). The normalized spacial score (nSPS) is 11.8. The molecule has 0 aliphatic carbocycles. The Morgan fingerprint density at radius 3 is 1.61 bits per heavy atom. The van der Waals surface area contributed by atoms with Gasteiger partial charge in [0.2, 0.25) is 0 Å². The van der Waals surface area contributed by atoms with Crippen molar-refractivity contribution in [3.63, 3.8) is 0 Å². The van der Waals surface area contributed by atoms with Gasteiger partial charge in [-0.1, -0.05) is 159 Å². The largest absolute Gasteiger partial charge is 4.00 e. The Morgan fingerprint density at radius 1 is 0.574 bits per heavy atom. The molecule has 1 unspecified atom stereocenters. The van der Waals surface area contributed by atoms with E-state index in [-0.39, 0.29) is 54.2 Å². The van der Waals surface area contributed by atoms with Crippen molar-refractivity contribution >= 4 is 16.6 Å². The molecule has 5 heteroatoms. The van der Waals surface area contributed by atoms with E-state index in [1.54, 1.807) is 0 Å². The van der Waals surface area contributed by atoms with Crippen molar-refractivity contribution in [1.29, 1.82) is 0 Å². The number of rotatable bonds is 11. The van der Waals surface area contributed by atoms with Crippen LogP contribution in [-0.2, 0) is 32.9 Å². The zero-order valence-electron chi connectivity index (χ0n) is 35.5. The van der Waals surface area contributed by atoms with E-state index in [0.29, 0.717) is 29.6 Å². The summed E-state index contributed by atoms with van der Waals surface area (Å²) in [4.78, 5) is 5.60. The predicted octanol–water partition coefficient (Wildman–Crippen LogP) is 14.8. The number of hydrogen-bond donors (Lipinski definition) is 0. The zero-order valence-corrected chi connectivity index (χ0v) is 39.1. The number of aromatic nitrogens is 3. The molecule has 284 valence electrons. The van der Waals surface area contributed by atoms with Gasteiger partial charge in [0.05, 0.1) is 11.2 Å². The Labute approximate surface area is 347 Å². The van der Waals surface area contributed by atoms with E-state index in [9.17, 15) is 0 Å². The van der Waals surface area contributed by atoms with Crippen molar-refractivity contribution in [2.24, 2.45) is 7.05 Å². The molecule has 6 aromatic rings. The molecule has 54 heavy (non-hydrogen) atoms. The minimum absolute atomic E-state index is 0. The molecule has 0 aliphatic rings. The van der Waals surface area contributed by atoms with Gasteiger partial charge in [-0.25, -0.2) is 4.98 Å². The number of nitrogens with zero attached hydrogens (tertiary/aromatic N) is 4. The molecule has 0 radical (unpaired) electrons. The Kier molecular flexibility index (Phi) is 16.6. The van der Waals surface area contributed by atoms with Crippen LogP contribution in [0.3, 0.4) is 0 Å². The summed E-state index contributed by atoms with van der Waals surface area (Å²) in [7, 11) is 2.15. The summed E-state index contributed by atoms with van der Waals surface area (Å²) in [6, 6.07) is 32.9. The second-order valence-corrected chi connectivity index (χ2v) is 15.6. The van der Waals surface area contributed by atoms with Crippen molar-refractivity contribution < 1.29 is 25.8 Å². The first kappa shape index (κ1) is 46.5. The molecular formula is C49H64HfN4. The summed E-state index contributed by atoms with van der Waals surface area (Å²) in [6.07, 6.45) is 2.20. The van der Waals surface area contributed by atoms with Gasteiger partial charge in [0.1, 0.15) is 5.82 Å². The first-order valence-corrected chi connectivity index (χ1v) is 18.6. The van der Waals surface area contributed by atoms with E-state index in [1.807, 2.05) is 0 Å². The van der Waals surface area contributed by atoms with E-state index >= 15 is 0 Å². The van der Waals surface area contributed by atoms with Crippen LogP contribution >= 0.6 is 0 Å². The Bertz CT molecular complexity index is 2040.